The van der Waals surface area contributed by atoms with E-state index in [9.17, 15) is 4.79 Å². The topological polar surface area (TPSA) is 65.3 Å². The summed E-state index contributed by atoms with van der Waals surface area (Å²) in [7, 11) is 0. The number of fused-ring (bicyclic) bond motifs is 2. The van der Waals surface area contributed by atoms with Crippen molar-refractivity contribution in [1.29, 1.82) is 0 Å². The van der Waals surface area contributed by atoms with E-state index in [0.29, 0.717) is 22.4 Å². The molecule has 0 spiro atoms. The number of nitrogens with two attached hydrogens (primary N) is 1. The van der Waals surface area contributed by atoms with Crippen LogP contribution in [0, 0.1) is 0 Å². The number of hydrogen-bond donors (Lipinski definition) is 1. The van der Waals surface area contributed by atoms with E-state index >= 15 is 0 Å². The molecule has 0 atom stereocenters. The van der Waals surface area contributed by atoms with Gasteiger partial charge in [0.15, 0.2) is 0 Å². The Kier molecular flexibility index (Phi) is 3.80. The smallest absolute Gasteiger partial charge is 0.267 e. The monoisotopic (exact) mass is 430 g/mol. The van der Waals surface area contributed by atoms with E-state index in [-0.39, 0.29) is 5.56 Å². The second kappa shape index (κ2) is 6.35. The summed E-state index contributed by atoms with van der Waals surface area (Å²) in [6, 6.07) is 22.8. The van der Waals surface area contributed by atoms with Gasteiger partial charge in [-0.2, -0.15) is 0 Å². The van der Waals surface area contributed by atoms with E-state index in [0.717, 1.165) is 21.4 Å². The summed E-state index contributed by atoms with van der Waals surface area (Å²) in [5, 5.41) is 0.581. The average Bonchev–Trinajstić information content (AvgIpc) is 3.09. The van der Waals surface area contributed by atoms with Crippen molar-refractivity contribution in [2.45, 2.75) is 0 Å². The van der Waals surface area contributed by atoms with Crippen LogP contribution >= 0.6 is 15.9 Å². The molecule has 0 aliphatic heterocycles. The first kappa shape index (κ1) is 16.8. The van der Waals surface area contributed by atoms with Crippen molar-refractivity contribution >= 4 is 38.3 Å². The molecule has 136 valence electrons. The van der Waals surface area contributed by atoms with Gasteiger partial charge in [0, 0.05) is 16.2 Å². The molecular formula is C22H15BrN4O. The van der Waals surface area contributed by atoms with Gasteiger partial charge in [0.05, 0.1) is 28.0 Å². The maximum Gasteiger partial charge on any atom is 0.267 e. The quantitative estimate of drug-likeness (QED) is 0.414. The molecule has 5 aromatic rings. The van der Waals surface area contributed by atoms with Gasteiger partial charge in [-0.3, -0.25) is 9.36 Å². The number of hydrogen-bond acceptors (Lipinski definition) is 3. The van der Waals surface area contributed by atoms with Crippen LogP contribution in [0.2, 0.25) is 0 Å². The minimum Gasteiger partial charge on any atom is -0.397 e. The van der Waals surface area contributed by atoms with Gasteiger partial charge in [-0.1, -0.05) is 52.3 Å². The van der Waals surface area contributed by atoms with E-state index in [1.54, 1.807) is 10.5 Å². The van der Waals surface area contributed by atoms with Crippen LogP contribution in [0.25, 0.3) is 33.6 Å². The van der Waals surface area contributed by atoms with Crippen molar-refractivity contribution in [1.82, 2.24) is 14.0 Å². The summed E-state index contributed by atoms with van der Waals surface area (Å²) in [5.41, 5.74) is 9.85. The Bertz CT molecular complexity index is 1400. The lowest BCUT2D eigenvalue weighted by Crippen LogP contribution is -2.16. The van der Waals surface area contributed by atoms with E-state index in [1.807, 2.05) is 77.5 Å². The van der Waals surface area contributed by atoms with E-state index in [1.165, 1.54) is 0 Å². The zero-order valence-electron chi connectivity index (χ0n) is 14.7. The third-order valence-electron chi connectivity index (χ3n) is 4.80. The molecular weight excluding hydrogens is 416 g/mol. The summed E-state index contributed by atoms with van der Waals surface area (Å²) in [4.78, 5) is 18.1. The molecule has 5 nitrogen and oxygen atoms in total. The number of nitrogen functional groups attached to an aromatic ring is 1. The Morgan fingerprint density at radius 1 is 0.893 bits per heavy atom. The highest BCUT2D eigenvalue weighted by Crippen LogP contribution is 2.27. The van der Waals surface area contributed by atoms with Crippen molar-refractivity contribution in [3.8, 4) is 16.9 Å². The molecule has 0 unspecified atom stereocenters. The molecule has 0 saturated heterocycles. The number of para-hydroxylation sites is 3. The molecule has 0 aliphatic carbocycles. The Hall–Kier alpha value is -3.38. The standard InChI is InChI=1S/C22H15BrN4O/c23-15-11-9-14(10-12-15)20-13-26(19-8-4-2-6-17(19)24)22-25-18-7-3-1-5-16(18)21(28)27(20)22/h1-13H,24H2. The second-order valence-corrected chi connectivity index (χ2v) is 7.44. The van der Waals surface area contributed by atoms with Gasteiger partial charge in [0.25, 0.3) is 5.56 Å². The molecule has 0 radical (unpaired) electrons. The minimum atomic E-state index is -0.105. The van der Waals surface area contributed by atoms with Crippen molar-refractivity contribution in [3.63, 3.8) is 0 Å². The number of anilines is 1. The zero-order valence-corrected chi connectivity index (χ0v) is 16.3. The Balaban J connectivity index is 1.95. The normalized spacial score (nSPS) is 11.3. The Morgan fingerprint density at radius 2 is 1.61 bits per heavy atom. The van der Waals surface area contributed by atoms with E-state index in [4.69, 9.17) is 10.7 Å². The van der Waals surface area contributed by atoms with Gasteiger partial charge in [-0.05, 0) is 36.4 Å². The van der Waals surface area contributed by atoms with Gasteiger partial charge in [-0.15, -0.1) is 0 Å². The van der Waals surface area contributed by atoms with Crippen LogP contribution in [0.5, 0.6) is 0 Å². The lowest BCUT2D eigenvalue weighted by atomic mass is 10.1. The molecule has 0 saturated carbocycles. The van der Waals surface area contributed by atoms with Gasteiger partial charge in [0.1, 0.15) is 0 Å². The maximum absolute atomic E-state index is 13.3. The van der Waals surface area contributed by atoms with Crippen LogP contribution in [0.15, 0.2) is 88.3 Å². The number of rotatable bonds is 2. The van der Waals surface area contributed by atoms with Gasteiger partial charge >= 0.3 is 0 Å². The Labute approximate surface area is 168 Å². The third-order valence-corrected chi connectivity index (χ3v) is 5.33. The molecule has 2 heterocycles. The van der Waals surface area contributed by atoms with Gasteiger partial charge in [-0.25, -0.2) is 9.38 Å². The lowest BCUT2D eigenvalue weighted by Gasteiger charge is -2.07. The highest BCUT2D eigenvalue weighted by molar-refractivity contribution is 9.10. The van der Waals surface area contributed by atoms with Crippen molar-refractivity contribution in [2.24, 2.45) is 0 Å². The van der Waals surface area contributed by atoms with E-state index in [2.05, 4.69) is 15.9 Å². The molecule has 28 heavy (non-hydrogen) atoms. The summed E-state index contributed by atoms with van der Waals surface area (Å²) >= 11 is 3.46. The fourth-order valence-electron chi connectivity index (χ4n) is 3.45. The van der Waals surface area contributed by atoms with E-state index < -0.39 is 0 Å². The van der Waals surface area contributed by atoms with Crippen LogP contribution in [0.4, 0.5) is 5.69 Å². The number of benzene rings is 3. The van der Waals surface area contributed by atoms with Crippen LogP contribution in [-0.4, -0.2) is 14.0 Å². The predicted molar refractivity (Wildman–Crippen MR) is 116 cm³/mol. The zero-order chi connectivity index (χ0) is 19.3. The number of nitrogens with zero attached hydrogens (tertiary/aromatic N) is 3. The maximum atomic E-state index is 13.3. The summed E-state index contributed by atoms with van der Waals surface area (Å²) < 4.78 is 4.50. The second-order valence-electron chi connectivity index (χ2n) is 6.52. The molecule has 3 aromatic carbocycles. The first-order valence-electron chi connectivity index (χ1n) is 8.77. The fourth-order valence-corrected chi connectivity index (χ4v) is 3.71. The minimum absolute atomic E-state index is 0.105. The lowest BCUT2D eigenvalue weighted by molar-refractivity contribution is 1.03. The van der Waals surface area contributed by atoms with Crippen LogP contribution in [0.3, 0.4) is 0 Å². The number of imidazole rings is 1. The van der Waals surface area contributed by atoms with Crippen LogP contribution in [0.1, 0.15) is 0 Å². The number of aromatic nitrogens is 3. The largest absolute Gasteiger partial charge is 0.397 e. The molecule has 0 aliphatic rings. The molecule has 6 heteroatoms. The SMILES string of the molecule is Nc1ccccc1-n1cc(-c2ccc(Br)cc2)n2c(=O)c3ccccc3nc12. The van der Waals surface area contributed by atoms with Crippen LogP contribution in [-0.2, 0) is 0 Å². The molecule has 0 amide bonds. The van der Waals surface area contributed by atoms with Crippen LogP contribution < -0.4 is 11.3 Å². The van der Waals surface area contributed by atoms with Crippen molar-refractivity contribution in [3.05, 3.63) is 93.8 Å². The molecule has 0 bridgehead atoms. The highest BCUT2D eigenvalue weighted by Gasteiger charge is 2.17. The third kappa shape index (κ3) is 2.53. The summed E-state index contributed by atoms with van der Waals surface area (Å²) in [6.45, 7) is 0. The van der Waals surface area contributed by atoms with Crippen molar-refractivity contribution < 1.29 is 0 Å². The summed E-state index contributed by atoms with van der Waals surface area (Å²) in [6.07, 6.45) is 1.91. The highest BCUT2D eigenvalue weighted by atomic mass is 79.9. The first-order chi connectivity index (χ1) is 13.6. The Morgan fingerprint density at radius 3 is 2.39 bits per heavy atom. The molecule has 0 fully saturated rings. The van der Waals surface area contributed by atoms with Crippen molar-refractivity contribution in [2.75, 3.05) is 5.73 Å². The first-order valence-corrected chi connectivity index (χ1v) is 9.56. The van der Waals surface area contributed by atoms with Gasteiger partial charge in [0.2, 0.25) is 5.78 Å². The molecule has 2 aromatic heterocycles. The summed E-state index contributed by atoms with van der Waals surface area (Å²) in [5.74, 6) is 0.527. The molecule has 5 rings (SSSR count). The molecule has 2 N–H and O–H groups in total. The number of halogens is 1. The fraction of sp³-hybridized carbons (Fsp3) is 0. The average molecular weight is 431 g/mol. The van der Waals surface area contributed by atoms with Gasteiger partial charge < -0.3 is 5.73 Å². The predicted octanol–water partition coefficient (Wildman–Crippen LogP) is 4.65.